The van der Waals surface area contributed by atoms with Crippen LogP contribution in [-0.2, 0) is 19.2 Å². The van der Waals surface area contributed by atoms with Crippen LogP contribution in [0.5, 0.6) is 0 Å². The Kier molecular flexibility index (Phi) is 3.58. The van der Waals surface area contributed by atoms with Crippen molar-refractivity contribution in [3.8, 4) is 0 Å². The Morgan fingerprint density at radius 1 is 1.71 bits per heavy atom. The van der Waals surface area contributed by atoms with Crippen LogP contribution in [0.2, 0.25) is 0 Å². The van der Waals surface area contributed by atoms with E-state index in [0.717, 1.165) is 0 Å². The van der Waals surface area contributed by atoms with Gasteiger partial charge in [0.25, 0.3) is 0 Å². The second-order valence-corrected chi connectivity index (χ2v) is 2.86. The number of nitrogens with zero attached hydrogens (tertiary/aromatic N) is 1. The maximum Gasteiger partial charge on any atom is 0.303 e. The standard InChI is InChI=1S/C8H11NO5/c1-5(11)13-4-7(12)8-2-6(3-10)9-14-8/h8,10H,2-4H2,1H3/t8-/m1/s1. The summed E-state index contributed by atoms with van der Waals surface area (Å²) in [7, 11) is 0. The monoisotopic (exact) mass is 201 g/mol. The average Bonchev–Trinajstić information content (AvgIpc) is 2.62. The van der Waals surface area contributed by atoms with E-state index in [1.54, 1.807) is 0 Å². The molecule has 0 saturated carbocycles. The van der Waals surface area contributed by atoms with Crippen molar-refractivity contribution < 1.29 is 24.3 Å². The van der Waals surface area contributed by atoms with Crippen molar-refractivity contribution >= 4 is 17.5 Å². The molecule has 1 aliphatic heterocycles. The molecule has 0 aromatic carbocycles. The van der Waals surface area contributed by atoms with Crippen LogP contribution in [0.25, 0.3) is 0 Å². The Morgan fingerprint density at radius 3 is 2.93 bits per heavy atom. The molecular formula is C8H11NO5. The van der Waals surface area contributed by atoms with E-state index in [4.69, 9.17) is 9.94 Å². The molecule has 0 aromatic rings. The van der Waals surface area contributed by atoms with Crippen LogP contribution < -0.4 is 0 Å². The van der Waals surface area contributed by atoms with Gasteiger partial charge in [-0.25, -0.2) is 0 Å². The van der Waals surface area contributed by atoms with Gasteiger partial charge in [0, 0.05) is 13.3 Å². The van der Waals surface area contributed by atoms with E-state index in [1.807, 2.05) is 0 Å². The van der Waals surface area contributed by atoms with E-state index >= 15 is 0 Å². The number of aliphatic hydroxyl groups excluding tert-OH is 1. The molecule has 1 rings (SSSR count). The van der Waals surface area contributed by atoms with Crippen LogP contribution in [0.3, 0.4) is 0 Å². The fraction of sp³-hybridized carbons (Fsp3) is 0.625. The number of oxime groups is 1. The number of rotatable bonds is 4. The lowest BCUT2D eigenvalue weighted by Gasteiger charge is -2.06. The smallest absolute Gasteiger partial charge is 0.303 e. The van der Waals surface area contributed by atoms with Gasteiger partial charge in [0.2, 0.25) is 5.78 Å². The van der Waals surface area contributed by atoms with E-state index in [2.05, 4.69) is 9.89 Å². The van der Waals surface area contributed by atoms with Crippen molar-refractivity contribution in [3.63, 3.8) is 0 Å². The zero-order chi connectivity index (χ0) is 10.6. The lowest BCUT2D eigenvalue weighted by molar-refractivity contribution is -0.148. The Balaban J connectivity index is 2.31. The summed E-state index contributed by atoms with van der Waals surface area (Å²) in [5, 5.41) is 12.2. The second-order valence-electron chi connectivity index (χ2n) is 2.86. The number of aliphatic hydroxyl groups is 1. The first-order chi connectivity index (χ1) is 6.63. The summed E-state index contributed by atoms with van der Waals surface area (Å²) in [6.07, 6.45) is -0.465. The van der Waals surface area contributed by atoms with Crippen molar-refractivity contribution in [1.82, 2.24) is 0 Å². The van der Waals surface area contributed by atoms with E-state index in [1.165, 1.54) is 6.92 Å². The van der Waals surface area contributed by atoms with Crippen LogP contribution in [0.15, 0.2) is 5.16 Å². The SMILES string of the molecule is CC(=O)OCC(=O)[C@H]1CC(CO)=NO1. The number of esters is 1. The van der Waals surface area contributed by atoms with E-state index in [0.29, 0.717) is 5.71 Å². The third kappa shape index (κ3) is 2.81. The molecule has 14 heavy (non-hydrogen) atoms. The summed E-state index contributed by atoms with van der Waals surface area (Å²) < 4.78 is 4.50. The first-order valence-electron chi connectivity index (χ1n) is 4.12. The molecule has 0 unspecified atom stereocenters. The summed E-state index contributed by atoms with van der Waals surface area (Å²) in [4.78, 5) is 26.4. The third-order valence-corrected chi connectivity index (χ3v) is 1.69. The van der Waals surface area contributed by atoms with Crippen LogP contribution in [0.1, 0.15) is 13.3 Å². The minimum atomic E-state index is -0.725. The van der Waals surface area contributed by atoms with Crippen molar-refractivity contribution in [1.29, 1.82) is 0 Å². The minimum absolute atomic E-state index is 0.225. The number of hydrogen-bond donors (Lipinski definition) is 1. The van der Waals surface area contributed by atoms with E-state index < -0.39 is 12.1 Å². The van der Waals surface area contributed by atoms with Gasteiger partial charge < -0.3 is 14.7 Å². The molecule has 1 N–H and O–H groups in total. The zero-order valence-electron chi connectivity index (χ0n) is 7.73. The number of carbonyl (C=O) groups excluding carboxylic acids is 2. The first-order valence-corrected chi connectivity index (χ1v) is 4.12. The molecule has 78 valence electrons. The van der Waals surface area contributed by atoms with Crippen LogP contribution >= 0.6 is 0 Å². The maximum atomic E-state index is 11.3. The van der Waals surface area contributed by atoms with E-state index in [9.17, 15) is 9.59 Å². The largest absolute Gasteiger partial charge is 0.458 e. The van der Waals surface area contributed by atoms with Gasteiger partial charge in [-0.3, -0.25) is 9.59 Å². The van der Waals surface area contributed by atoms with Crippen molar-refractivity contribution in [3.05, 3.63) is 0 Å². The fourth-order valence-electron chi connectivity index (χ4n) is 0.958. The Bertz CT molecular complexity index is 273. The quantitative estimate of drug-likeness (QED) is 0.605. The van der Waals surface area contributed by atoms with Gasteiger partial charge in [0.15, 0.2) is 12.7 Å². The molecule has 0 bridgehead atoms. The number of Topliss-reactive ketones (excluding diaryl/α,β-unsaturated/α-hetero) is 1. The molecule has 1 atom stereocenters. The summed E-state index contributed by atoms with van der Waals surface area (Å²) in [5.74, 6) is -0.868. The van der Waals surface area contributed by atoms with Gasteiger partial charge >= 0.3 is 5.97 Å². The molecule has 0 amide bonds. The molecule has 0 aromatic heterocycles. The third-order valence-electron chi connectivity index (χ3n) is 1.69. The molecule has 0 aliphatic carbocycles. The second kappa shape index (κ2) is 4.71. The van der Waals surface area contributed by atoms with Gasteiger partial charge in [0.1, 0.15) is 0 Å². The predicted octanol–water partition coefficient (Wildman–Crippen LogP) is -0.744. The van der Waals surface area contributed by atoms with Crippen molar-refractivity contribution in [2.45, 2.75) is 19.4 Å². The molecule has 0 spiro atoms. The highest BCUT2D eigenvalue weighted by atomic mass is 16.6. The molecule has 1 aliphatic rings. The van der Waals surface area contributed by atoms with Gasteiger partial charge in [-0.2, -0.15) is 0 Å². The molecule has 6 nitrogen and oxygen atoms in total. The predicted molar refractivity (Wildman–Crippen MR) is 45.7 cm³/mol. The van der Waals surface area contributed by atoms with Crippen molar-refractivity contribution in [2.24, 2.45) is 5.16 Å². The van der Waals surface area contributed by atoms with Crippen LogP contribution in [0, 0.1) is 0 Å². The Labute approximate surface area is 80.5 Å². The highest BCUT2D eigenvalue weighted by Gasteiger charge is 2.27. The number of ether oxygens (including phenoxy) is 1. The Hall–Kier alpha value is -1.43. The van der Waals surface area contributed by atoms with Gasteiger partial charge in [-0.1, -0.05) is 5.16 Å². The average molecular weight is 201 g/mol. The van der Waals surface area contributed by atoms with Crippen molar-refractivity contribution in [2.75, 3.05) is 13.2 Å². The van der Waals surface area contributed by atoms with E-state index in [-0.39, 0.29) is 25.4 Å². The van der Waals surface area contributed by atoms with Crippen LogP contribution in [0.4, 0.5) is 0 Å². The molecule has 0 fully saturated rings. The normalized spacial score (nSPS) is 19.9. The fourth-order valence-corrected chi connectivity index (χ4v) is 0.958. The maximum absolute atomic E-state index is 11.3. The number of hydrogen-bond acceptors (Lipinski definition) is 6. The van der Waals surface area contributed by atoms with Crippen LogP contribution in [-0.4, -0.2) is 41.9 Å². The molecule has 6 heteroatoms. The topological polar surface area (TPSA) is 85.2 Å². The lowest BCUT2D eigenvalue weighted by Crippen LogP contribution is -2.26. The first kappa shape index (κ1) is 10.6. The lowest BCUT2D eigenvalue weighted by atomic mass is 10.1. The number of carbonyl (C=O) groups is 2. The highest BCUT2D eigenvalue weighted by molar-refractivity contribution is 5.95. The highest BCUT2D eigenvalue weighted by Crippen LogP contribution is 2.11. The molecule has 0 saturated heterocycles. The Morgan fingerprint density at radius 2 is 2.43 bits per heavy atom. The minimum Gasteiger partial charge on any atom is -0.458 e. The van der Waals surface area contributed by atoms with Gasteiger partial charge in [-0.05, 0) is 0 Å². The summed E-state index contributed by atoms with van der Waals surface area (Å²) >= 11 is 0. The number of ketones is 1. The summed E-state index contributed by atoms with van der Waals surface area (Å²) in [5.41, 5.74) is 0.422. The molecular weight excluding hydrogens is 190 g/mol. The molecule has 0 radical (unpaired) electrons. The van der Waals surface area contributed by atoms with Gasteiger partial charge in [-0.15, -0.1) is 0 Å². The summed E-state index contributed by atoms with van der Waals surface area (Å²) in [6, 6.07) is 0. The zero-order valence-corrected chi connectivity index (χ0v) is 7.73. The summed E-state index contributed by atoms with van der Waals surface area (Å²) in [6.45, 7) is 0.685. The van der Waals surface area contributed by atoms with Gasteiger partial charge in [0.05, 0.1) is 12.3 Å². The molecule has 1 heterocycles.